The van der Waals surface area contributed by atoms with Crippen LogP contribution in [0.25, 0.3) is 0 Å². The summed E-state index contributed by atoms with van der Waals surface area (Å²) < 4.78 is 12.9. The smallest absolute Gasteiger partial charge is 0.303 e. The Kier molecular flexibility index (Phi) is 5.62. The molecule has 25 heavy (non-hydrogen) atoms. The Morgan fingerprint density at radius 2 is 2.00 bits per heavy atom. The molecule has 1 aromatic carbocycles. The summed E-state index contributed by atoms with van der Waals surface area (Å²) in [5, 5.41) is 9.15. The maximum Gasteiger partial charge on any atom is 0.303 e. The molecule has 136 valence electrons. The van der Waals surface area contributed by atoms with E-state index >= 15 is 0 Å². The highest BCUT2D eigenvalue weighted by molar-refractivity contribution is 5.77. The molecule has 4 N–H and O–H groups in total. The summed E-state index contributed by atoms with van der Waals surface area (Å²) in [4.78, 5) is 25.4. The van der Waals surface area contributed by atoms with Crippen LogP contribution in [0.3, 0.4) is 0 Å². The number of carboxylic acids is 1. The molecule has 2 aliphatic heterocycles. The van der Waals surface area contributed by atoms with Crippen molar-refractivity contribution in [2.75, 3.05) is 19.6 Å². The summed E-state index contributed by atoms with van der Waals surface area (Å²) in [5.41, 5.74) is 9.82. The number of carboxylic acid groups (broad SMARTS) is 1. The summed E-state index contributed by atoms with van der Waals surface area (Å²) in [7, 11) is 0. The minimum absolute atomic E-state index is 0.0149. The van der Waals surface area contributed by atoms with E-state index in [1.807, 2.05) is 0 Å². The number of carbonyl (C=O) groups is 2. The van der Waals surface area contributed by atoms with Crippen molar-refractivity contribution >= 4 is 11.9 Å². The van der Waals surface area contributed by atoms with Gasteiger partial charge in [-0.1, -0.05) is 12.1 Å². The van der Waals surface area contributed by atoms with Gasteiger partial charge in [-0.3, -0.25) is 9.59 Å². The van der Waals surface area contributed by atoms with Gasteiger partial charge in [-0.15, -0.1) is 0 Å². The molecule has 0 aromatic heterocycles. The first-order chi connectivity index (χ1) is 12.0. The van der Waals surface area contributed by atoms with E-state index in [0.717, 1.165) is 5.56 Å². The second-order valence-corrected chi connectivity index (χ2v) is 6.70. The van der Waals surface area contributed by atoms with Gasteiger partial charge in [-0.25, -0.2) is 15.2 Å². The number of nitrogens with one attached hydrogen (secondary N) is 3. The van der Waals surface area contributed by atoms with Gasteiger partial charge in [0.1, 0.15) is 5.82 Å². The number of halogens is 1. The molecule has 2 fully saturated rings. The highest BCUT2D eigenvalue weighted by atomic mass is 19.1. The number of rotatable bonds is 6. The van der Waals surface area contributed by atoms with Crippen LogP contribution in [0.15, 0.2) is 24.3 Å². The molecule has 1 aromatic rings. The van der Waals surface area contributed by atoms with Gasteiger partial charge >= 0.3 is 5.97 Å². The first kappa shape index (κ1) is 17.8. The Bertz CT molecular complexity index is 619. The first-order valence-corrected chi connectivity index (χ1v) is 8.50. The molecule has 0 radical (unpaired) electrons. The summed E-state index contributed by atoms with van der Waals surface area (Å²) in [6.07, 6.45) is 0.950. The molecule has 0 bridgehead atoms. The highest BCUT2D eigenvalue weighted by Crippen LogP contribution is 2.30. The van der Waals surface area contributed by atoms with Crippen LogP contribution in [0.1, 0.15) is 18.4 Å². The van der Waals surface area contributed by atoms with E-state index in [0.29, 0.717) is 32.5 Å². The molecular weight excluding hydrogens is 327 g/mol. The molecule has 2 aliphatic rings. The lowest BCUT2D eigenvalue weighted by Gasteiger charge is -2.22. The summed E-state index contributed by atoms with van der Waals surface area (Å²) in [6, 6.07) is 6.24. The second-order valence-electron chi connectivity index (χ2n) is 6.70. The quantitative estimate of drug-likeness (QED) is 0.589. The van der Waals surface area contributed by atoms with E-state index in [-0.39, 0.29) is 36.0 Å². The minimum Gasteiger partial charge on any atom is -0.481 e. The molecule has 8 heteroatoms. The number of aliphatic carboxylic acids is 1. The van der Waals surface area contributed by atoms with Crippen LogP contribution in [0.5, 0.6) is 0 Å². The monoisotopic (exact) mass is 350 g/mol. The molecule has 2 saturated heterocycles. The topological polar surface area (TPSA) is 93.7 Å². The molecule has 3 atom stereocenters. The number of aryl methyl sites for hydroxylation is 1. The Labute approximate surface area is 145 Å². The number of carbonyl (C=O) groups excluding carboxylic acids is 1. The van der Waals surface area contributed by atoms with Gasteiger partial charge in [-0.05, 0) is 36.0 Å². The van der Waals surface area contributed by atoms with Gasteiger partial charge < -0.3 is 10.0 Å². The summed E-state index contributed by atoms with van der Waals surface area (Å²) in [5.74, 6) is -1.09. The van der Waals surface area contributed by atoms with Crippen molar-refractivity contribution in [3.05, 3.63) is 35.6 Å². The lowest BCUT2D eigenvalue weighted by molar-refractivity contribution is -0.138. The van der Waals surface area contributed by atoms with Gasteiger partial charge in [0.2, 0.25) is 5.91 Å². The standard InChI is InChI=1S/C17H23FN4O3/c18-13-4-1-11(2-5-13)3-6-16(23)22-9-12(7-17(24)25)14(10-22)15-8-19-21-20-15/h1-2,4-5,12,14-15,19-21H,3,6-10H2,(H,24,25)/t12-,14+,15?/m1/s1. The number of nitrogens with zero attached hydrogens (tertiary/aromatic N) is 1. The number of amides is 1. The molecule has 1 amide bonds. The normalized spacial score (nSPS) is 26.1. The molecular formula is C17H23FN4O3. The van der Waals surface area contributed by atoms with Crippen molar-refractivity contribution in [3.8, 4) is 0 Å². The zero-order valence-corrected chi connectivity index (χ0v) is 13.9. The molecule has 0 saturated carbocycles. The number of likely N-dealkylation sites (tertiary alicyclic amines) is 1. The number of hydrogen-bond donors (Lipinski definition) is 4. The van der Waals surface area contributed by atoms with Crippen LogP contribution >= 0.6 is 0 Å². The zero-order chi connectivity index (χ0) is 17.8. The van der Waals surface area contributed by atoms with Gasteiger partial charge in [-0.2, -0.15) is 5.53 Å². The third kappa shape index (κ3) is 4.53. The van der Waals surface area contributed by atoms with E-state index in [4.69, 9.17) is 5.11 Å². The van der Waals surface area contributed by atoms with Crippen molar-refractivity contribution in [1.82, 2.24) is 21.3 Å². The van der Waals surface area contributed by atoms with Crippen molar-refractivity contribution in [2.24, 2.45) is 11.8 Å². The van der Waals surface area contributed by atoms with E-state index in [1.54, 1.807) is 17.0 Å². The van der Waals surface area contributed by atoms with Crippen molar-refractivity contribution in [1.29, 1.82) is 0 Å². The van der Waals surface area contributed by atoms with Crippen LogP contribution in [-0.4, -0.2) is 47.6 Å². The van der Waals surface area contributed by atoms with Crippen molar-refractivity contribution in [2.45, 2.75) is 25.3 Å². The van der Waals surface area contributed by atoms with E-state index < -0.39 is 5.97 Å². The molecule has 7 nitrogen and oxygen atoms in total. The largest absolute Gasteiger partial charge is 0.481 e. The summed E-state index contributed by atoms with van der Waals surface area (Å²) >= 11 is 0. The highest BCUT2D eigenvalue weighted by Gasteiger charge is 2.41. The molecule has 3 rings (SSSR count). The van der Waals surface area contributed by atoms with Crippen LogP contribution in [0, 0.1) is 17.7 Å². The summed E-state index contributed by atoms with van der Waals surface area (Å²) in [6.45, 7) is 1.72. The Hall–Kier alpha value is -2.03. The fourth-order valence-corrected chi connectivity index (χ4v) is 3.67. The van der Waals surface area contributed by atoms with E-state index in [9.17, 15) is 14.0 Å². The second kappa shape index (κ2) is 7.90. The number of hydrazine groups is 2. The molecule has 1 unspecified atom stereocenters. The van der Waals surface area contributed by atoms with Crippen LogP contribution in [0.4, 0.5) is 4.39 Å². The predicted octanol–water partition coefficient (Wildman–Crippen LogP) is 0.289. The zero-order valence-electron chi connectivity index (χ0n) is 13.9. The van der Waals surface area contributed by atoms with Gasteiger partial charge in [0.15, 0.2) is 0 Å². The fourth-order valence-electron chi connectivity index (χ4n) is 3.67. The third-order valence-electron chi connectivity index (χ3n) is 5.01. The maximum absolute atomic E-state index is 12.9. The molecule has 0 aliphatic carbocycles. The Morgan fingerprint density at radius 3 is 2.64 bits per heavy atom. The fraction of sp³-hybridized carbons (Fsp3) is 0.529. The Balaban J connectivity index is 1.58. The van der Waals surface area contributed by atoms with E-state index in [1.165, 1.54) is 12.1 Å². The van der Waals surface area contributed by atoms with Crippen LogP contribution < -0.4 is 16.4 Å². The number of hydrogen-bond acceptors (Lipinski definition) is 5. The van der Waals surface area contributed by atoms with Gasteiger partial charge in [0, 0.05) is 32.1 Å². The van der Waals surface area contributed by atoms with Crippen molar-refractivity contribution < 1.29 is 19.1 Å². The predicted molar refractivity (Wildman–Crippen MR) is 88.6 cm³/mol. The average Bonchev–Trinajstić information content (AvgIpc) is 3.23. The van der Waals surface area contributed by atoms with Crippen LogP contribution in [-0.2, 0) is 16.0 Å². The molecule has 2 heterocycles. The maximum atomic E-state index is 12.9. The molecule has 0 spiro atoms. The average molecular weight is 350 g/mol. The van der Waals surface area contributed by atoms with E-state index in [2.05, 4.69) is 16.4 Å². The SMILES string of the molecule is O=C(O)C[C@@H]1CN(C(=O)CCc2ccc(F)cc2)C[C@@H]1C1CNNN1. The third-order valence-corrected chi connectivity index (χ3v) is 5.01. The lowest BCUT2D eigenvalue weighted by atomic mass is 9.87. The van der Waals surface area contributed by atoms with Gasteiger partial charge in [0.05, 0.1) is 6.42 Å². The minimum atomic E-state index is -0.838. The van der Waals surface area contributed by atoms with Crippen LogP contribution in [0.2, 0.25) is 0 Å². The number of benzene rings is 1. The first-order valence-electron chi connectivity index (χ1n) is 8.50. The Morgan fingerprint density at radius 1 is 1.24 bits per heavy atom. The van der Waals surface area contributed by atoms with Gasteiger partial charge in [0.25, 0.3) is 0 Å². The van der Waals surface area contributed by atoms with Crippen molar-refractivity contribution in [3.63, 3.8) is 0 Å². The lowest BCUT2D eigenvalue weighted by Crippen LogP contribution is -2.41.